The number of fused-ring (bicyclic) bond motifs is 1. The zero-order valence-electron chi connectivity index (χ0n) is 16.6. The molecule has 4 aromatic rings. The molecule has 0 amide bonds. The van der Waals surface area contributed by atoms with Crippen molar-refractivity contribution < 1.29 is 12.9 Å². The largest absolute Gasteiger partial charge is 0.364 e. The van der Waals surface area contributed by atoms with Crippen molar-refractivity contribution in [1.82, 2.24) is 24.4 Å². The van der Waals surface area contributed by atoms with Crippen molar-refractivity contribution in [2.75, 3.05) is 31.1 Å². The van der Waals surface area contributed by atoms with E-state index < -0.39 is 10.0 Å². The van der Waals surface area contributed by atoms with E-state index in [9.17, 15) is 8.42 Å². The van der Waals surface area contributed by atoms with E-state index in [2.05, 4.69) is 15.0 Å². The lowest BCUT2D eigenvalue weighted by Crippen LogP contribution is -2.49. The number of piperazine rings is 1. The standard InChI is InChI=1S/C21H20N6O3S/c28-31(29,15-17-7-14-30-25-17)27-12-10-26(11-13-27)21-18-3-1-2-4-19(18)23-20(24-21)16-5-8-22-9-6-16/h1-9,14H,10-13,15H2. The number of benzene rings is 1. The summed E-state index contributed by atoms with van der Waals surface area (Å²) in [7, 11) is -3.46. The quantitative estimate of drug-likeness (QED) is 0.469. The van der Waals surface area contributed by atoms with Crippen LogP contribution in [0.4, 0.5) is 5.82 Å². The van der Waals surface area contributed by atoms with Crippen molar-refractivity contribution in [2.24, 2.45) is 0 Å². The SMILES string of the molecule is O=S(=O)(Cc1ccon1)N1CCN(c2nc(-c3ccncc3)nc3ccccc23)CC1. The van der Waals surface area contributed by atoms with Gasteiger partial charge >= 0.3 is 0 Å². The first-order chi connectivity index (χ1) is 15.1. The molecule has 3 aromatic heterocycles. The number of para-hydroxylation sites is 1. The normalized spacial score (nSPS) is 15.4. The molecule has 0 unspecified atom stereocenters. The van der Waals surface area contributed by atoms with Crippen LogP contribution in [-0.2, 0) is 15.8 Å². The average molecular weight is 436 g/mol. The molecule has 1 aromatic carbocycles. The van der Waals surface area contributed by atoms with E-state index in [0.717, 1.165) is 22.3 Å². The second-order valence-electron chi connectivity index (χ2n) is 7.26. The third kappa shape index (κ3) is 3.99. The average Bonchev–Trinajstić information content (AvgIpc) is 3.31. The third-order valence-corrected chi connectivity index (χ3v) is 7.09. The van der Waals surface area contributed by atoms with Crippen LogP contribution in [0.25, 0.3) is 22.3 Å². The fourth-order valence-electron chi connectivity index (χ4n) is 3.70. The van der Waals surface area contributed by atoms with E-state index >= 15 is 0 Å². The number of nitrogens with zero attached hydrogens (tertiary/aromatic N) is 6. The Hall–Kier alpha value is -3.37. The maximum absolute atomic E-state index is 12.7. The molecule has 0 atom stereocenters. The van der Waals surface area contributed by atoms with Gasteiger partial charge < -0.3 is 9.42 Å². The second-order valence-corrected chi connectivity index (χ2v) is 9.23. The number of pyridine rings is 1. The van der Waals surface area contributed by atoms with Crippen LogP contribution in [0.2, 0.25) is 0 Å². The molecule has 9 nitrogen and oxygen atoms in total. The van der Waals surface area contributed by atoms with E-state index in [-0.39, 0.29) is 5.75 Å². The summed E-state index contributed by atoms with van der Waals surface area (Å²) in [5.74, 6) is 1.27. The molecule has 4 heterocycles. The van der Waals surface area contributed by atoms with Crippen molar-refractivity contribution in [3.8, 4) is 11.4 Å². The highest BCUT2D eigenvalue weighted by atomic mass is 32.2. The molecule has 31 heavy (non-hydrogen) atoms. The van der Waals surface area contributed by atoms with Gasteiger partial charge in [0.1, 0.15) is 17.8 Å². The van der Waals surface area contributed by atoms with Crippen LogP contribution < -0.4 is 4.90 Å². The van der Waals surface area contributed by atoms with Crippen molar-refractivity contribution in [2.45, 2.75) is 5.75 Å². The lowest BCUT2D eigenvalue weighted by molar-refractivity contribution is 0.381. The number of hydrogen-bond acceptors (Lipinski definition) is 8. The minimum atomic E-state index is -3.46. The van der Waals surface area contributed by atoms with E-state index in [4.69, 9.17) is 14.5 Å². The van der Waals surface area contributed by atoms with Crippen LogP contribution in [0.1, 0.15) is 5.69 Å². The number of sulfonamides is 1. The monoisotopic (exact) mass is 436 g/mol. The molecule has 0 radical (unpaired) electrons. The maximum Gasteiger partial charge on any atom is 0.220 e. The highest BCUT2D eigenvalue weighted by molar-refractivity contribution is 7.88. The molecule has 0 saturated carbocycles. The summed E-state index contributed by atoms with van der Waals surface area (Å²) >= 11 is 0. The molecule has 0 bridgehead atoms. The Kier molecular flexibility index (Phi) is 5.08. The van der Waals surface area contributed by atoms with Gasteiger partial charge in [0.05, 0.1) is 11.2 Å². The molecule has 1 aliphatic heterocycles. The van der Waals surface area contributed by atoms with E-state index in [1.165, 1.54) is 10.6 Å². The summed E-state index contributed by atoms with van der Waals surface area (Å²) < 4.78 is 31.7. The Morgan fingerprint density at radius 1 is 0.935 bits per heavy atom. The Morgan fingerprint density at radius 3 is 2.45 bits per heavy atom. The van der Waals surface area contributed by atoms with Gasteiger partial charge in [-0.15, -0.1) is 0 Å². The van der Waals surface area contributed by atoms with Crippen molar-refractivity contribution in [3.05, 3.63) is 66.8 Å². The predicted molar refractivity (Wildman–Crippen MR) is 116 cm³/mol. The topological polar surface area (TPSA) is 105 Å². The summed E-state index contributed by atoms with van der Waals surface area (Å²) in [6.07, 6.45) is 4.81. The fraction of sp³-hybridized carbons (Fsp3) is 0.238. The van der Waals surface area contributed by atoms with Crippen LogP contribution in [0.3, 0.4) is 0 Å². The van der Waals surface area contributed by atoms with Crippen LogP contribution in [0, 0.1) is 0 Å². The van der Waals surface area contributed by atoms with Gasteiger partial charge in [-0.1, -0.05) is 17.3 Å². The number of rotatable bonds is 5. The van der Waals surface area contributed by atoms with Gasteiger partial charge in [0.2, 0.25) is 10.0 Å². The highest BCUT2D eigenvalue weighted by Crippen LogP contribution is 2.28. The van der Waals surface area contributed by atoms with Crippen molar-refractivity contribution in [3.63, 3.8) is 0 Å². The number of aromatic nitrogens is 4. The Bertz CT molecular complexity index is 1290. The fourth-order valence-corrected chi connectivity index (χ4v) is 5.12. The summed E-state index contributed by atoms with van der Waals surface area (Å²) in [6.45, 7) is 1.83. The molecule has 5 rings (SSSR count). The van der Waals surface area contributed by atoms with Crippen LogP contribution >= 0.6 is 0 Å². The summed E-state index contributed by atoms with van der Waals surface area (Å²) in [5.41, 5.74) is 2.14. The molecule has 1 fully saturated rings. The van der Waals surface area contributed by atoms with Gasteiger partial charge in [-0.3, -0.25) is 4.98 Å². The molecule has 0 spiro atoms. The molecular formula is C21H20N6O3S. The summed E-state index contributed by atoms with van der Waals surface area (Å²) in [5, 5.41) is 4.66. The Balaban J connectivity index is 1.42. The van der Waals surface area contributed by atoms with Gasteiger partial charge in [0.25, 0.3) is 0 Å². The van der Waals surface area contributed by atoms with Crippen LogP contribution in [-0.4, -0.2) is 59.0 Å². The van der Waals surface area contributed by atoms with Gasteiger partial charge in [-0.25, -0.2) is 18.4 Å². The molecule has 0 N–H and O–H groups in total. The molecule has 1 saturated heterocycles. The minimum Gasteiger partial charge on any atom is -0.364 e. The molecule has 1 aliphatic rings. The highest BCUT2D eigenvalue weighted by Gasteiger charge is 2.29. The molecule has 10 heteroatoms. The summed E-state index contributed by atoms with van der Waals surface area (Å²) in [4.78, 5) is 15.7. The van der Waals surface area contributed by atoms with Gasteiger partial charge in [0.15, 0.2) is 5.82 Å². The van der Waals surface area contributed by atoms with E-state index in [0.29, 0.717) is 37.7 Å². The molecule has 158 valence electrons. The first kappa shape index (κ1) is 19.6. The minimum absolute atomic E-state index is 0.161. The smallest absolute Gasteiger partial charge is 0.220 e. The van der Waals surface area contributed by atoms with Gasteiger partial charge in [-0.05, 0) is 24.3 Å². The van der Waals surface area contributed by atoms with Gasteiger partial charge in [-0.2, -0.15) is 4.31 Å². The van der Waals surface area contributed by atoms with Crippen molar-refractivity contribution in [1.29, 1.82) is 0 Å². The maximum atomic E-state index is 12.7. The lowest BCUT2D eigenvalue weighted by Gasteiger charge is -2.35. The lowest BCUT2D eigenvalue weighted by atomic mass is 10.2. The predicted octanol–water partition coefficient (Wildman–Crippen LogP) is 2.33. The Labute approximate surface area is 179 Å². The summed E-state index contributed by atoms with van der Waals surface area (Å²) in [6, 6.07) is 13.2. The first-order valence-electron chi connectivity index (χ1n) is 9.89. The van der Waals surface area contributed by atoms with Gasteiger partial charge in [0, 0.05) is 55.6 Å². The molecule has 0 aliphatic carbocycles. The Morgan fingerprint density at radius 2 is 1.71 bits per heavy atom. The van der Waals surface area contributed by atoms with E-state index in [1.807, 2.05) is 36.4 Å². The zero-order chi connectivity index (χ0) is 21.3. The third-order valence-electron chi connectivity index (χ3n) is 5.27. The van der Waals surface area contributed by atoms with Crippen LogP contribution in [0.15, 0.2) is 65.6 Å². The number of anilines is 1. The number of hydrogen-bond donors (Lipinski definition) is 0. The first-order valence-corrected chi connectivity index (χ1v) is 11.5. The van der Waals surface area contributed by atoms with Crippen molar-refractivity contribution >= 4 is 26.7 Å². The molecular weight excluding hydrogens is 416 g/mol. The zero-order valence-corrected chi connectivity index (χ0v) is 17.4. The second kappa shape index (κ2) is 8.05. The van der Waals surface area contributed by atoms with E-state index in [1.54, 1.807) is 18.5 Å². The van der Waals surface area contributed by atoms with Crippen LogP contribution in [0.5, 0.6) is 0 Å².